The standard InChI is InChI=1S/C18H23F3NO8/c1-8-12(23)29-9-4-5-22(13(24)18(19,20)21)6-10-17(30-10,11(9)22)7-28-14(25)16(3,27)15(8,2)26/h8-11,26-27H,4-7H2,1-3H3/q+1/t8-,9+,10+,11-,15-,16+,17+,22?/m0/s1. The molecule has 1 unspecified atom stereocenters. The van der Waals surface area contributed by atoms with Gasteiger partial charge in [-0.05, 0) is 20.8 Å². The van der Waals surface area contributed by atoms with Crippen LogP contribution in [-0.2, 0) is 28.6 Å². The number of aliphatic hydroxyl groups is 2. The van der Waals surface area contributed by atoms with E-state index in [-0.39, 0.29) is 19.5 Å². The Morgan fingerprint density at radius 3 is 2.47 bits per heavy atom. The number of halogens is 3. The van der Waals surface area contributed by atoms with Gasteiger partial charge >= 0.3 is 24.0 Å². The number of epoxide rings is 1. The van der Waals surface area contributed by atoms with Crippen LogP contribution in [0.4, 0.5) is 13.2 Å². The zero-order valence-electron chi connectivity index (χ0n) is 16.6. The van der Waals surface area contributed by atoms with Crippen molar-refractivity contribution >= 4 is 17.8 Å². The van der Waals surface area contributed by atoms with Gasteiger partial charge in [0.05, 0.1) is 12.5 Å². The van der Waals surface area contributed by atoms with Gasteiger partial charge in [-0.25, -0.2) is 14.1 Å². The minimum absolute atomic E-state index is 0.0325. The monoisotopic (exact) mass is 438 g/mol. The van der Waals surface area contributed by atoms with Crippen molar-refractivity contribution in [3.63, 3.8) is 0 Å². The van der Waals surface area contributed by atoms with E-state index >= 15 is 0 Å². The molecule has 4 aliphatic heterocycles. The van der Waals surface area contributed by atoms with Crippen molar-refractivity contribution < 1.29 is 56.5 Å². The average Bonchev–Trinajstić information content (AvgIpc) is 3.06. The maximum atomic E-state index is 13.4. The third kappa shape index (κ3) is 2.53. The molecule has 0 aromatic rings. The number of amides is 1. The smallest absolute Gasteiger partial charge is 0.460 e. The first-order chi connectivity index (χ1) is 13.6. The van der Waals surface area contributed by atoms with Crippen LogP contribution in [0.25, 0.3) is 0 Å². The predicted molar refractivity (Wildman–Crippen MR) is 88.3 cm³/mol. The second-order valence-electron chi connectivity index (χ2n) is 9.03. The molecule has 12 heteroatoms. The van der Waals surface area contributed by atoms with Crippen LogP contribution in [0.5, 0.6) is 0 Å². The van der Waals surface area contributed by atoms with E-state index in [9.17, 15) is 37.8 Å². The van der Waals surface area contributed by atoms with Gasteiger partial charge in [0.15, 0.2) is 23.3 Å². The van der Waals surface area contributed by atoms with Gasteiger partial charge in [0.2, 0.25) is 0 Å². The molecular weight excluding hydrogens is 415 g/mol. The van der Waals surface area contributed by atoms with Gasteiger partial charge in [-0.1, -0.05) is 0 Å². The second-order valence-corrected chi connectivity index (χ2v) is 9.03. The number of nitrogens with zero attached hydrogens (tertiary/aromatic N) is 1. The molecule has 0 bridgehead atoms. The van der Waals surface area contributed by atoms with Gasteiger partial charge in [0.25, 0.3) is 0 Å². The summed E-state index contributed by atoms with van der Waals surface area (Å²) in [4.78, 5) is 37.6. The van der Waals surface area contributed by atoms with Crippen LogP contribution >= 0.6 is 0 Å². The summed E-state index contributed by atoms with van der Waals surface area (Å²) in [5.74, 6) is -5.67. The number of hydrogen-bond acceptors (Lipinski definition) is 8. The third-order valence-corrected chi connectivity index (χ3v) is 7.46. The number of quaternary nitrogens is 1. The fourth-order valence-corrected chi connectivity index (χ4v) is 5.22. The summed E-state index contributed by atoms with van der Waals surface area (Å²) in [5.41, 5.74) is -6.25. The first kappa shape index (κ1) is 21.5. The third-order valence-electron chi connectivity index (χ3n) is 7.46. The van der Waals surface area contributed by atoms with E-state index in [2.05, 4.69) is 0 Å². The van der Waals surface area contributed by atoms with Crippen LogP contribution < -0.4 is 0 Å². The summed E-state index contributed by atoms with van der Waals surface area (Å²) in [6.07, 6.45) is -7.06. The number of rotatable bonds is 0. The Morgan fingerprint density at radius 1 is 1.23 bits per heavy atom. The summed E-state index contributed by atoms with van der Waals surface area (Å²) < 4.78 is 55.3. The summed E-state index contributed by atoms with van der Waals surface area (Å²) in [7, 11) is 0. The van der Waals surface area contributed by atoms with Crippen molar-refractivity contribution in [2.75, 3.05) is 19.7 Å². The van der Waals surface area contributed by atoms with E-state index in [1.54, 1.807) is 0 Å². The van der Waals surface area contributed by atoms with Crippen LogP contribution in [0.3, 0.4) is 0 Å². The number of hydrogen-bond donors (Lipinski definition) is 2. The first-order valence-electron chi connectivity index (χ1n) is 9.60. The van der Waals surface area contributed by atoms with Crippen molar-refractivity contribution in [1.82, 2.24) is 0 Å². The SMILES string of the molecule is C[C@H]1C(=O)O[C@@H]2CC[N+]3(C(=O)C(F)(F)F)C[C@H]4O[C@@]4(COC(=O)[C@@](C)(O)[C@@]1(C)O)[C@H]23. The lowest BCUT2D eigenvalue weighted by Crippen LogP contribution is -2.64. The van der Waals surface area contributed by atoms with E-state index in [0.717, 1.165) is 13.8 Å². The lowest BCUT2D eigenvalue weighted by atomic mass is 9.76. The molecule has 4 saturated heterocycles. The summed E-state index contributed by atoms with van der Waals surface area (Å²) >= 11 is 0. The van der Waals surface area contributed by atoms with Crippen LogP contribution in [-0.4, -0.2) is 93.5 Å². The molecule has 1 amide bonds. The zero-order valence-corrected chi connectivity index (χ0v) is 16.6. The Balaban J connectivity index is 1.77. The topological polar surface area (TPSA) is 123 Å². The van der Waals surface area contributed by atoms with Crippen LogP contribution in [0, 0.1) is 5.92 Å². The van der Waals surface area contributed by atoms with Crippen molar-refractivity contribution in [1.29, 1.82) is 0 Å². The molecule has 4 fully saturated rings. The molecule has 1 spiro atoms. The lowest BCUT2D eigenvalue weighted by Gasteiger charge is -2.39. The van der Waals surface area contributed by atoms with E-state index in [4.69, 9.17) is 14.2 Å². The highest BCUT2D eigenvalue weighted by atomic mass is 19.4. The molecule has 2 N–H and O–H groups in total. The molecule has 0 radical (unpaired) electrons. The van der Waals surface area contributed by atoms with Crippen LogP contribution in [0.2, 0.25) is 0 Å². The number of carbonyl (C=O) groups is 3. The van der Waals surface area contributed by atoms with Crippen molar-refractivity contribution in [2.45, 2.75) is 68.4 Å². The van der Waals surface area contributed by atoms with Crippen LogP contribution in [0.1, 0.15) is 27.2 Å². The Labute approximate surface area is 169 Å². The number of ether oxygens (including phenoxy) is 3. The Kier molecular flexibility index (Phi) is 4.24. The number of esters is 2. The molecule has 0 saturated carbocycles. The molecule has 4 aliphatic rings. The predicted octanol–water partition coefficient (Wildman–Crippen LogP) is -0.578. The first-order valence-corrected chi connectivity index (χ1v) is 9.60. The summed E-state index contributed by atoms with van der Waals surface area (Å²) in [6, 6.07) is -1.21. The van der Waals surface area contributed by atoms with Gasteiger partial charge < -0.3 is 24.4 Å². The molecule has 4 rings (SSSR count). The minimum atomic E-state index is -5.11. The van der Waals surface area contributed by atoms with E-state index in [0.29, 0.717) is 0 Å². The highest BCUT2D eigenvalue weighted by Gasteiger charge is 2.84. The number of morpholine rings is 1. The van der Waals surface area contributed by atoms with Gasteiger partial charge in [0.1, 0.15) is 24.9 Å². The maximum Gasteiger partial charge on any atom is 0.509 e. The van der Waals surface area contributed by atoms with Crippen molar-refractivity contribution in [2.24, 2.45) is 5.92 Å². The average molecular weight is 438 g/mol. The van der Waals surface area contributed by atoms with Gasteiger partial charge in [-0.2, -0.15) is 13.2 Å². The Morgan fingerprint density at radius 2 is 1.87 bits per heavy atom. The fraction of sp³-hybridized carbons (Fsp3) is 0.833. The summed E-state index contributed by atoms with van der Waals surface area (Å²) in [5, 5.41) is 21.3. The van der Waals surface area contributed by atoms with Gasteiger partial charge in [0, 0.05) is 6.42 Å². The molecule has 9 nitrogen and oxygen atoms in total. The summed E-state index contributed by atoms with van der Waals surface area (Å²) in [6.45, 7) is 2.23. The minimum Gasteiger partial charge on any atom is -0.460 e. The van der Waals surface area contributed by atoms with Gasteiger partial charge in [-0.3, -0.25) is 4.79 Å². The molecule has 168 valence electrons. The molecular formula is C18H23F3NO8+. The number of carbonyl (C=O) groups excluding carboxylic acids is 3. The van der Waals surface area contributed by atoms with Crippen molar-refractivity contribution in [3.8, 4) is 0 Å². The van der Waals surface area contributed by atoms with E-state index < -0.39 is 76.1 Å². The fourth-order valence-electron chi connectivity index (χ4n) is 5.22. The molecule has 0 aromatic heterocycles. The lowest BCUT2D eigenvalue weighted by molar-refractivity contribution is -0.869. The normalized spacial score (nSPS) is 50.7. The molecule has 4 heterocycles. The maximum absolute atomic E-state index is 13.4. The molecule has 30 heavy (non-hydrogen) atoms. The van der Waals surface area contributed by atoms with E-state index in [1.165, 1.54) is 6.92 Å². The Bertz CT molecular complexity index is 827. The number of alkyl halides is 3. The largest absolute Gasteiger partial charge is 0.509 e. The highest BCUT2D eigenvalue weighted by Crippen LogP contribution is 2.58. The van der Waals surface area contributed by atoms with E-state index in [1.807, 2.05) is 0 Å². The highest BCUT2D eigenvalue weighted by molar-refractivity contribution is 5.83. The molecule has 0 aromatic carbocycles. The van der Waals surface area contributed by atoms with Crippen LogP contribution in [0.15, 0.2) is 0 Å². The number of cyclic esters (lactones) is 1. The Hall–Kier alpha value is -1.76. The van der Waals surface area contributed by atoms with Crippen molar-refractivity contribution in [3.05, 3.63) is 0 Å². The molecule has 0 aliphatic carbocycles. The second kappa shape index (κ2) is 5.93. The molecule has 8 atom stereocenters. The zero-order chi connectivity index (χ0) is 22.5. The quantitative estimate of drug-likeness (QED) is 0.293. The van der Waals surface area contributed by atoms with Gasteiger partial charge in [-0.15, -0.1) is 0 Å².